The third kappa shape index (κ3) is 1.96. The molecule has 0 saturated heterocycles. The number of aromatic nitrogens is 2. The third-order valence-corrected chi connectivity index (χ3v) is 3.66. The number of hydrogen-bond acceptors (Lipinski definition) is 2. The zero-order valence-electron chi connectivity index (χ0n) is 9.80. The number of rotatable bonds is 2. The minimum Gasteiger partial charge on any atom is -0.497 e. The average Bonchev–Trinajstić information content (AvgIpc) is 2.80. The summed E-state index contributed by atoms with van der Waals surface area (Å²) in [7, 11) is 1.68. The fourth-order valence-corrected chi connectivity index (χ4v) is 2.45. The van der Waals surface area contributed by atoms with E-state index in [2.05, 4.69) is 50.3 Å². The van der Waals surface area contributed by atoms with Gasteiger partial charge in [0.2, 0.25) is 0 Å². The summed E-state index contributed by atoms with van der Waals surface area (Å²) >= 11 is 2.28. The second kappa shape index (κ2) is 4.61. The lowest BCUT2D eigenvalue weighted by molar-refractivity contribution is 0.415. The summed E-state index contributed by atoms with van der Waals surface area (Å²) in [5.74, 6) is 0.868. The first-order chi connectivity index (χ1) is 8.78. The Balaban J connectivity index is 2.15. The fourth-order valence-electron chi connectivity index (χ4n) is 1.92. The molecule has 0 spiro atoms. The van der Waals surface area contributed by atoms with Crippen LogP contribution >= 0.6 is 22.6 Å². The Labute approximate surface area is 119 Å². The van der Waals surface area contributed by atoms with Crippen LogP contribution in [0.25, 0.3) is 16.8 Å². The zero-order chi connectivity index (χ0) is 12.5. The highest BCUT2D eigenvalue weighted by Crippen LogP contribution is 2.24. The van der Waals surface area contributed by atoms with Gasteiger partial charge in [0.05, 0.1) is 13.3 Å². The summed E-state index contributed by atoms with van der Waals surface area (Å²) in [5.41, 5.74) is 3.25. The molecule has 0 unspecified atom stereocenters. The van der Waals surface area contributed by atoms with E-state index in [4.69, 9.17) is 4.74 Å². The maximum absolute atomic E-state index is 5.25. The van der Waals surface area contributed by atoms with Gasteiger partial charge in [0, 0.05) is 6.20 Å². The van der Waals surface area contributed by atoms with Crippen molar-refractivity contribution in [1.82, 2.24) is 9.38 Å². The Bertz CT molecular complexity index is 706. The van der Waals surface area contributed by atoms with Gasteiger partial charge in [0.15, 0.2) is 0 Å². The highest BCUT2D eigenvalue weighted by molar-refractivity contribution is 14.1. The molecule has 90 valence electrons. The Kier molecular flexibility index (Phi) is 2.95. The molecule has 2 aromatic heterocycles. The summed E-state index contributed by atoms with van der Waals surface area (Å²) < 4.78 is 8.43. The van der Waals surface area contributed by atoms with Gasteiger partial charge in [-0.1, -0.05) is 12.1 Å². The normalized spacial score (nSPS) is 10.8. The van der Waals surface area contributed by atoms with Crippen molar-refractivity contribution in [2.24, 2.45) is 0 Å². The number of nitrogens with zero attached hydrogens (tertiary/aromatic N) is 2. The van der Waals surface area contributed by atoms with E-state index in [1.54, 1.807) is 7.11 Å². The van der Waals surface area contributed by atoms with Gasteiger partial charge in [0.1, 0.15) is 15.1 Å². The lowest BCUT2D eigenvalue weighted by atomic mass is 10.1. The lowest BCUT2D eigenvalue weighted by Crippen LogP contribution is -1.89. The number of imidazole rings is 1. The molecular formula is C14H11IN2O. The summed E-state index contributed by atoms with van der Waals surface area (Å²) in [6, 6.07) is 12.2. The summed E-state index contributed by atoms with van der Waals surface area (Å²) in [6.45, 7) is 0. The Hall–Kier alpha value is -1.56. The van der Waals surface area contributed by atoms with Crippen molar-refractivity contribution in [2.45, 2.75) is 0 Å². The Morgan fingerprint density at radius 3 is 2.89 bits per heavy atom. The van der Waals surface area contributed by atoms with Crippen LogP contribution in [0.5, 0.6) is 5.75 Å². The molecule has 0 fully saturated rings. The third-order valence-electron chi connectivity index (χ3n) is 2.86. The number of benzene rings is 1. The first-order valence-corrected chi connectivity index (χ1v) is 6.63. The van der Waals surface area contributed by atoms with Crippen LogP contribution in [0.3, 0.4) is 0 Å². The minimum absolute atomic E-state index is 0.868. The number of pyridine rings is 1. The van der Waals surface area contributed by atoms with Crippen molar-refractivity contribution in [2.75, 3.05) is 7.11 Å². The molecule has 0 aliphatic heterocycles. The molecular weight excluding hydrogens is 339 g/mol. The minimum atomic E-state index is 0.868. The first-order valence-electron chi connectivity index (χ1n) is 5.55. The molecule has 0 radical (unpaired) electrons. The lowest BCUT2D eigenvalue weighted by Gasteiger charge is -2.05. The van der Waals surface area contributed by atoms with Crippen molar-refractivity contribution in [1.29, 1.82) is 0 Å². The van der Waals surface area contributed by atoms with E-state index < -0.39 is 0 Å². The quantitative estimate of drug-likeness (QED) is 0.660. The molecule has 4 heteroatoms. The molecule has 1 aromatic carbocycles. The van der Waals surface area contributed by atoms with Crippen LogP contribution in [0.4, 0.5) is 0 Å². The van der Waals surface area contributed by atoms with Crippen molar-refractivity contribution in [3.63, 3.8) is 0 Å². The van der Waals surface area contributed by atoms with E-state index in [9.17, 15) is 0 Å². The number of methoxy groups -OCH3 is 1. The Morgan fingerprint density at radius 2 is 2.06 bits per heavy atom. The second-order valence-electron chi connectivity index (χ2n) is 3.96. The predicted molar refractivity (Wildman–Crippen MR) is 79.9 cm³/mol. The second-order valence-corrected chi connectivity index (χ2v) is 5.06. The molecule has 0 N–H and O–H groups in total. The topological polar surface area (TPSA) is 26.5 Å². The maximum atomic E-state index is 5.25. The van der Waals surface area contributed by atoms with E-state index >= 15 is 0 Å². The summed E-state index contributed by atoms with van der Waals surface area (Å²) in [4.78, 5) is 4.32. The van der Waals surface area contributed by atoms with E-state index in [0.717, 1.165) is 26.2 Å². The van der Waals surface area contributed by atoms with Crippen LogP contribution in [0.2, 0.25) is 0 Å². The van der Waals surface area contributed by atoms with E-state index in [1.165, 1.54) is 0 Å². The fraction of sp³-hybridized carbons (Fsp3) is 0.0714. The highest BCUT2D eigenvalue weighted by atomic mass is 127. The molecule has 3 aromatic rings. The summed E-state index contributed by atoms with van der Waals surface area (Å²) in [6.07, 6.45) is 3.96. The number of fused-ring (bicyclic) bond motifs is 1. The number of ether oxygens (including phenoxy) is 1. The molecule has 18 heavy (non-hydrogen) atoms. The molecule has 0 aliphatic rings. The molecule has 0 saturated carbocycles. The molecule has 0 atom stereocenters. The van der Waals surface area contributed by atoms with E-state index in [1.807, 2.05) is 30.5 Å². The van der Waals surface area contributed by atoms with Gasteiger partial charge in [-0.3, -0.25) is 4.40 Å². The van der Waals surface area contributed by atoms with Crippen LogP contribution in [0.15, 0.2) is 48.8 Å². The average molecular weight is 350 g/mol. The van der Waals surface area contributed by atoms with Gasteiger partial charge in [-0.25, -0.2) is 4.98 Å². The van der Waals surface area contributed by atoms with Crippen molar-refractivity contribution in [3.05, 3.63) is 52.5 Å². The number of halogens is 1. The van der Waals surface area contributed by atoms with Gasteiger partial charge >= 0.3 is 0 Å². The van der Waals surface area contributed by atoms with Crippen LogP contribution in [-0.4, -0.2) is 16.5 Å². The summed E-state index contributed by atoms with van der Waals surface area (Å²) in [5, 5.41) is 0. The van der Waals surface area contributed by atoms with E-state index in [0.29, 0.717) is 0 Å². The molecule has 2 heterocycles. The SMILES string of the molecule is COc1cccc(-c2ccc3ncc(I)n3c2)c1. The van der Waals surface area contributed by atoms with Gasteiger partial charge in [-0.05, 0) is 58.0 Å². The monoisotopic (exact) mass is 350 g/mol. The molecule has 0 aliphatic carbocycles. The molecule has 3 nitrogen and oxygen atoms in total. The zero-order valence-corrected chi connectivity index (χ0v) is 12.0. The van der Waals surface area contributed by atoms with Crippen LogP contribution in [0, 0.1) is 3.70 Å². The standard InChI is InChI=1S/C14H11IN2O/c1-18-12-4-2-3-10(7-12)11-5-6-14-16-8-13(15)17(14)9-11/h2-9H,1H3. The molecule has 0 amide bonds. The highest BCUT2D eigenvalue weighted by Gasteiger charge is 2.04. The van der Waals surface area contributed by atoms with Crippen molar-refractivity contribution >= 4 is 28.2 Å². The molecule has 0 bridgehead atoms. The Morgan fingerprint density at radius 1 is 1.17 bits per heavy atom. The van der Waals surface area contributed by atoms with Crippen molar-refractivity contribution < 1.29 is 4.74 Å². The predicted octanol–water partition coefficient (Wildman–Crippen LogP) is 3.61. The largest absolute Gasteiger partial charge is 0.497 e. The van der Waals surface area contributed by atoms with Gasteiger partial charge in [-0.15, -0.1) is 0 Å². The van der Waals surface area contributed by atoms with Crippen LogP contribution < -0.4 is 4.74 Å². The number of hydrogen-bond donors (Lipinski definition) is 0. The van der Waals surface area contributed by atoms with E-state index in [-0.39, 0.29) is 0 Å². The van der Waals surface area contributed by atoms with Crippen LogP contribution in [-0.2, 0) is 0 Å². The maximum Gasteiger partial charge on any atom is 0.137 e. The van der Waals surface area contributed by atoms with Gasteiger partial charge in [0.25, 0.3) is 0 Å². The van der Waals surface area contributed by atoms with Crippen LogP contribution in [0.1, 0.15) is 0 Å². The van der Waals surface area contributed by atoms with Gasteiger partial charge < -0.3 is 4.74 Å². The van der Waals surface area contributed by atoms with Crippen molar-refractivity contribution in [3.8, 4) is 16.9 Å². The molecule has 3 rings (SSSR count). The first kappa shape index (κ1) is 11.5. The smallest absolute Gasteiger partial charge is 0.137 e. The van der Waals surface area contributed by atoms with Gasteiger partial charge in [-0.2, -0.15) is 0 Å².